The van der Waals surface area contributed by atoms with E-state index in [1.54, 1.807) is 0 Å². The summed E-state index contributed by atoms with van der Waals surface area (Å²) in [7, 11) is 0. The van der Waals surface area contributed by atoms with Crippen LogP contribution in [-0.2, 0) is 5.41 Å². The van der Waals surface area contributed by atoms with Crippen LogP contribution in [0, 0.1) is 0 Å². The van der Waals surface area contributed by atoms with Gasteiger partial charge in [0.15, 0.2) is 17.5 Å². The molecule has 0 atom stereocenters. The molecule has 10 rings (SSSR count). The smallest absolute Gasteiger partial charge is 0.164 e. The van der Waals surface area contributed by atoms with E-state index in [0.717, 1.165) is 33.4 Å². The molecule has 258 valence electrons. The highest BCUT2D eigenvalue weighted by Gasteiger charge is 2.45. The highest BCUT2D eigenvalue weighted by molar-refractivity contribution is 5.89. The minimum atomic E-state index is 0.111. The fraction of sp³-hybridized carbons (Fsp3) is 0.118. The van der Waals surface area contributed by atoms with E-state index >= 15 is 0 Å². The summed E-state index contributed by atoms with van der Waals surface area (Å²) in [5, 5.41) is 0. The maximum atomic E-state index is 5.06. The lowest BCUT2D eigenvalue weighted by atomic mass is 9.66. The van der Waals surface area contributed by atoms with Crippen LogP contribution in [0.2, 0.25) is 0 Å². The van der Waals surface area contributed by atoms with E-state index in [1.807, 2.05) is 24.3 Å². The highest BCUT2D eigenvalue weighted by atomic mass is 15.0. The van der Waals surface area contributed by atoms with Crippen LogP contribution in [0.4, 0.5) is 0 Å². The lowest BCUT2D eigenvalue weighted by Gasteiger charge is -2.37. The Morgan fingerprint density at radius 2 is 0.759 bits per heavy atom. The van der Waals surface area contributed by atoms with Gasteiger partial charge in [-0.05, 0) is 74.5 Å². The molecule has 0 unspecified atom stereocenters. The van der Waals surface area contributed by atoms with E-state index in [4.69, 9.17) is 15.0 Å². The van der Waals surface area contributed by atoms with Gasteiger partial charge < -0.3 is 0 Å². The molecule has 3 nitrogen and oxygen atoms in total. The van der Waals surface area contributed by atoms with Crippen molar-refractivity contribution in [3.63, 3.8) is 0 Å². The molecule has 0 saturated heterocycles. The van der Waals surface area contributed by atoms with E-state index in [0.29, 0.717) is 17.5 Å². The second-order valence-electron chi connectivity index (χ2n) is 14.7. The second kappa shape index (κ2) is 13.5. The highest BCUT2D eigenvalue weighted by Crippen LogP contribution is 2.58. The Balaban J connectivity index is 1.01. The fourth-order valence-corrected chi connectivity index (χ4v) is 8.95. The van der Waals surface area contributed by atoms with Gasteiger partial charge in [-0.15, -0.1) is 0 Å². The number of hydrogen-bond acceptors (Lipinski definition) is 3. The molecule has 0 aliphatic heterocycles. The van der Waals surface area contributed by atoms with E-state index < -0.39 is 0 Å². The van der Waals surface area contributed by atoms with E-state index in [9.17, 15) is 0 Å². The van der Waals surface area contributed by atoms with Crippen molar-refractivity contribution in [3.05, 3.63) is 187 Å². The monoisotopic (exact) mass is 693 g/mol. The number of nitrogens with zero attached hydrogens (tertiary/aromatic N) is 3. The van der Waals surface area contributed by atoms with Crippen LogP contribution >= 0.6 is 0 Å². The number of rotatable bonds is 6. The van der Waals surface area contributed by atoms with E-state index in [1.165, 1.54) is 71.0 Å². The number of benzene rings is 7. The summed E-state index contributed by atoms with van der Waals surface area (Å²) in [4.78, 5) is 15.1. The first-order valence-electron chi connectivity index (χ1n) is 19.2. The molecule has 0 amide bonds. The topological polar surface area (TPSA) is 38.7 Å². The molecular formula is C51H39N3. The average molecular weight is 694 g/mol. The molecule has 1 aromatic heterocycles. The van der Waals surface area contributed by atoms with Crippen LogP contribution < -0.4 is 0 Å². The summed E-state index contributed by atoms with van der Waals surface area (Å²) < 4.78 is 0. The Morgan fingerprint density at radius 3 is 1.46 bits per heavy atom. The van der Waals surface area contributed by atoms with Gasteiger partial charge >= 0.3 is 0 Å². The van der Waals surface area contributed by atoms with Crippen LogP contribution in [0.5, 0.6) is 0 Å². The van der Waals surface area contributed by atoms with Crippen LogP contribution in [0.3, 0.4) is 0 Å². The summed E-state index contributed by atoms with van der Waals surface area (Å²) in [6, 6.07) is 62.9. The summed E-state index contributed by atoms with van der Waals surface area (Å²) in [6.07, 6.45) is 6.35. The zero-order chi connectivity index (χ0) is 35.9. The van der Waals surface area contributed by atoms with Crippen LogP contribution in [0.15, 0.2) is 176 Å². The van der Waals surface area contributed by atoms with Crippen LogP contribution in [-0.4, -0.2) is 15.0 Å². The molecule has 1 heterocycles. The van der Waals surface area contributed by atoms with Crippen molar-refractivity contribution >= 4 is 0 Å². The van der Waals surface area contributed by atoms with E-state index in [2.05, 4.69) is 152 Å². The van der Waals surface area contributed by atoms with Crippen molar-refractivity contribution in [3.8, 4) is 78.7 Å². The maximum absolute atomic E-state index is 5.06. The SMILES string of the molecule is c1ccc(-c2ccc(-c3nc(-c4ccccc4)nc(-c4cccc(-c5ccc(-c6cccc7c6C6(CCCCC6)c6ccccc6-7)cc5)c4)n3)cc2)cc1. The minimum absolute atomic E-state index is 0.111. The van der Waals surface area contributed by atoms with Crippen LogP contribution in [0.25, 0.3) is 78.7 Å². The maximum Gasteiger partial charge on any atom is 0.164 e. The summed E-state index contributed by atoms with van der Waals surface area (Å²) in [6.45, 7) is 0. The molecule has 2 aliphatic carbocycles. The molecule has 2 aliphatic rings. The molecule has 1 spiro atoms. The Hall–Kier alpha value is -6.45. The predicted octanol–water partition coefficient (Wildman–Crippen LogP) is 13.1. The van der Waals surface area contributed by atoms with Crippen molar-refractivity contribution in [1.29, 1.82) is 0 Å². The molecule has 0 N–H and O–H groups in total. The number of aromatic nitrogens is 3. The third kappa shape index (κ3) is 5.64. The Kier molecular flexibility index (Phi) is 8.06. The molecule has 54 heavy (non-hydrogen) atoms. The van der Waals surface area contributed by atoms with Gasteiger partial charge in [0, 0.05) is 22.1 Å². The fourth-order valence-electron chi connectivity index (χ4n) is 8.95. The van der Waals surface area contributed by atoms with Gasteiger partial charge in [-0.3, -0.25) is 0 Å². The summed E-state index contributed by atoms with van der Waals surface area (Å²) in [5.74, 6) is 1.97. The van der Waals surface area contributed by atoms with Crippen molar-refractivity contribution in [2.24, 2.45) is 0 Å². The minimum Gasteiger partial charge on any atom is -0.208 e. The van der Waals surface area contributed by atoms with Gasteiger partial charge in [0.2, 0.25) is 0 Å². The second-order valence-corrected chi connectivity index (χ2v) is 14.7. The van der Waals surface area contributed by atoms with Crippen molar-refractivity contribution in [2.75, 3.05) is 0 Å². The van der Waals surface area contributed by atoms with Gasteiger partial charge in [0.1, 0.15) is 0 Å². The molecule has 1 fully saturated rings. The largest absolute Gasteiger partial charge is 0.208 e. The van der Waals surface area contributed by atoms with Crippen molar-refractivity contribution in [1.82, 2.24) is 15.0 Å². The molecule has 0 bridgehead atoms. The quantitative estimate of drug-likeness (QED) is 0.174. The summed E-state index contributed by atoms with van der Waals surface area (Å²) in [5.41, 5.74) is 16.2. The normalized spacial score (nSPS) is 14.1. The molecule has 0 radical (unpaired) electrons. The molecule has 8 aromatic rings. The zero-order valence-electron chi connectivity index (χ0n) is 30.1. The number of fused-ring (bicyclic) bond motifs is 5. The third-order valence-corrected chi connectivity index (χ3v) is 11.6. The van der Waals surface area contributed by atoms with Crippen LogP contribution in [0.1, 0.15) is 43.2 Å². The van der Waals surface area contributed by atoms with E-state index in [-0.39, 0.29) is 5.41 Å². The van der Waals surface area contributed by atoms with Gasteiger partial charge in [-0.1, -0.05) is 189 Å². The Bertz CT molecular complexity index is 2600. The number of hydrogen-bond donors (Lipinski definition) is 0. The zero-order valence-corrected chi connectivity index (χ0v) is 30.1. The molecule has 1 saturated carbocycles. The molecular weight excluding hydrogens is 655 g/mol. The Morgan fingerprint density at radius 1 is 0.315 bits per heavy atom. The van der Waals surface area contributed by atoms with Gasteiger partial charge in [-0.25, -0.2) is 15.0 Å². The van der Waals surface area contributed by atoms with Crippen molar-refractivity contribution in [2.45, 2.75) is 37.5 Å². The first-order chi connectivity index (χ1) is 26.7. The standard InChI is InChI=1S/C51H39N3/c1-4-14-35(15-5-1)36-26-30-40(31-27-36)49-52-48(39-16-6-2-7-17-39)53-50(54-49)42-19-12-18-41(34-42)37-24-28-38(29-25-37)43-21-13-22-45-44-20-8-9-23-46(44)51(47(43)45)32-10-3-11-33-51/h1-2,4-9,12-31,34H,3,10-11,32-33H2. The average Bonchev–Trinajstić information content (AvgIpc) is 3.53. The molecule has 3 heteroatoms. The lowest BCUT2D eigenvalue weighted by molar-refractivity contribution is 0.353. The first kappa shape index (κ1) is 32.2. The van der Waals surface area contributed by atoms with Gasteiger partial charge in [0.05, 0.1) is 0 Å². The van der Waals surface area contributed by atoms with Crippen molar-refractivity contribution < 1.29 is 0 Å². The van der Waals surface area contributed by atoms with Gasteiger partial charge in [-0.2, -0.15) is 0 Å². The van der Waals surface area contributed by atoms with Gasteiger partial charge in [0.25, 0.3) is 0 Å². The Labute approximate surface area is 317 Å². The first-order valence-corrected chi connectivity index (χ1v) is 19.2. The molecule has 7 aromatic carbocycles. The predicted molar refractivity (Wildman–Crippen MR) is 222 cm³/mol. The lowest BCUT2D eigenvalue weighted by Crippen LogP contribution is -2.28. The third-order valence-electron chi connectivity index (χ3n) is 11.6. The summed E-state index contributed by atoms with van der Waals surface area (Å²) >= 11 is 0.